The van der Waals surface area contributed by atoms with Crippen LogP contribution < -0.4 is 16.0 Å². The maximum absolute atomic E-state index is 13.2. The Labute approximate surface area is 392 Å². The van der Waals surface area contributed by atoms with Gasteiger partial charge in [0.05, 0.1) is 172 Å². The van der Waals surface area contributed by atoms with Crippen LogP contribution in [0.4, 0.5) is 22.7 Å². The van der Waals surface area contributed by atoms with Crippen molar-refractivity contribution >= 4 is 46.4 Å². The van der Waals surface area contributed by atoms with Crippen LogP contribution in [0.1, 0.15) is 33.6 Å². The Morgan fingerprint density at radius 3 is 1.34 bits per heavy atom. The highest BCUT2D eigenvalue weighted by Crippen LogP contribution is 2.32. The van der Waals surface area contributed by atoms with Gasteiger partial charge in [-0.3, -0.25) is 49.6 Å². The molecule has 2 aromatic carbocycles. The minimum absolute atomic E-state index is 0.0550. The van der Waals surface area contributed by atoms with Crippen LogP contribution in [0.15, 0.2) is 36.4 Å². The maximum Gasteiger partial charge on any atom is 0.299 e. The van der Waals surface area contributed by atoms with Crippen molar-refractivity contribution in [2.45, 2.75) is 18.9 Å². The zero-order valence-corrected chi connectivity index (χ0v) is 38.0. The van der Waals surface area contributed by atoms with Crippen LogP contribution in [0.5, 0.6) is 0 Å². The van der Waals surface area contributed by atoms with E-state index in [1.807, 2.05) is 0 Å². The predicted octanol–water partition coefficient (Wildman–Crippen LogP) is 1.61. The first kappa shape index (κ1) is 55.3. The Morgan fingerprint density at radius 1 is 0.529 bits per heavy atom. The fourth-order valence-electron chi connectivity index (χ4n) is 6.41. The predicted molar refractivity (Wildman–Crippen MR) is 239 cm³/mol. The molecule has 0 bridgehead atoms. The highest BCUT2D eigenvalue weighted by atomic mass is 16.6. The first-order chi connectivity index (χ1) is 33.2. The molecule has 378 valence electrons. The second-order valence-electron chi connectivity index (χ2n) is 14.5. The Hall–Kier alpha value is -5.32. The minimum atomic E-state index is -1.02. The van der Waals surface area contributed by atoms with Gasteiger partial charge in [-0.2, -0.15) is 0 Å². The fraction of sp³-hybridized carbons (Fsp3) is 0.628. The molecular weight excluding hydrogens is 904 g/mol. The van der Waals surface area contributed by atoms with Crippen molar-refractivity contribution in [3.8, 4) is 0 Å². The van der Waals surface area contributed by atoms with Crippen molar-refractivity contribution in [1.29, 1.82) is 0 Å². The fourth-order valence-corrected chi connectivity index (χ4v) is 6.41. The summed E-state index contributed by atoms with van der Waals surface area (Å²) in [6.45, 7) is 9.36. The van der Waals surface area contributed by atoms with E-state index in [1.54, 1.807) is 18.2 Å². The first-order valence-corrected chi connectivity index (χ1v) is 22.3. The Balaban J connectivity index is 0.803. The van der Waals surface area contributed by atoms with E-state index in [2.05, 4.69) is 16.0 Å². The number of piperidine rings is 1. The molecule has 1 saturated heterocycles. The molecule has 0 radical (unpaired) electrons. The largest absolute Gasteiger partial charge is 0.382 e. The Bertz CT molecular complexity index is 1880. The number of rotatable bonds is 41. The summed E-state index contributed by atoms with van der Waals surface area (Å²) in [5, 5.41) is 30.2. The van der Waals surface area contributed by atoms with Crippen LogP contribution in [-0.2, 0) is 61.7 Å². The van der Waals surface area contributed by atoms with Gasteiger partial charge in [-0.1, -0.05) is 6.07 Å². The van der Waals surface area contributed by atoms with Crippen LogP contribution in [0, 0.1) is 20.2 Å². The van der Waals surface area contributed by atoms with Gasteiger partial charge in [-0.25, -0.2) is 0 Å². The summed E-state index contributed by atoms with van der Waals surface area (Å²) in [7, 11) is 0. The topological polar surface area (TPSA) is 295 Å². The van der Waals surface area contributed by atoms with E-state index < -0.39 is 39.5 Å². The molecule has 0 aromatic heterocycles. The van der Waals surface area contributed by atoms with E-state index in [0.717, 1.165) is 11.0 Å². The lowest BCUT2D eigenvalue weighted by atomic mass is 10.0. The Morgan fingerprint density at radius 2 is 0.941 bits per heavy atom. The second kappa shape index (κ2) is 33.2. The summed E-state index contributed by atoms with van der Waals surface area (Å²) < 4.78 is 60.4. The number of carbonyl (C=O) groups is 4. The van der Waals surface area contributed by atoms with E-state index in [1.165, 1.54) is 12.1 Å². The molecule has 2 aliphatic heterocycles. The van der Waals surface area contributed by atoms with Crippen molar-refractivity contribution in [1.82, 2.24) is 10.2 Å². The molecule has 25 nitrogen and oxygen atoms in total. The molecule has 1 atom stereocenters. The summed E-state index contributed by atoms with van der Waals surface area (Å²) in [6.07, 6.45) is 0.147. The molecule has 0 aliphatic carbocycles. The van der Waals surface area contributed by atoms with E-state index >= 15 is 0 Å². The standard InChI is InChI=1S/C43H62N6O19/c50-39-7-6-37(41(51)46-39)47-42(52)34-2-1-3-36(40(34)43(47)53)45-9-11-59-13-15-61-17-19-63-21-23-65-25-27-67-29-31-68-30-28-66-26-24-64-22-20-62-18-16-60-14-12-58-10-8-44-35-5-4-33(48(54)55)32-38(35)49(56)57/h1-5,32,37,44-45H,6-31H2,(H,46,50,51). The van der Waals surface area contributed by atoms with Gasteiger partial charge >= 0.3 is 0 Å². The molecule has 0 saturated carbocycles. The molecular formula is C43H62N6O19. The number of non-ortho nitro benzene ring substituents is 1. The summed E-state index contributed by atoms with van der Waals surface area (Å²) >= 11 is 0. The van der Waals surface area contributed by atoms with Gasteiger partial charge in [0.15, 0.2) is 0 Å². The van der Waals surface area contributed by atoms with Crippen LogP contribution in [0.2, 0.25) is 0 Å². The number of nitro benzene ring substituents is 2. The third kappa shape index (κ3) is 20.5. The maximum atomic E-state index is 13.2. The van der Waals surface area contributed by atoms with E-state index in [0.29, 0.717) is 151 Å². The third-order valence-corrected chi connectivity index (χ3v) is 9.70. The van der Waals surface area contributed by atoms with Crippen molar-refractivity contribution in [3.05, 3.63) is 67.8 Å². The Kier molecular flexibility index (Phi) is 27.0. The van der Waals surface area contributed by atoms with Crippen molar-refractivity contribution in [3.63, 3.8) is 0 Å². The van der Waals surface area contributed by atoms with Gasteiger partial charge in [0.1, 0.15) is 11.7 Å². The zero-order valence-electron chi connectivity index (χ0n) is 38.0. The molecule has 1 unspecified atom stereocenters. The van der Waals surface area contributed by atoms with Gasteiger partial charge in [0, 0.05) is 31.3 Å². The summed E-state index contributed by atoms with van der Waals surface area (Å²) in [6, 6.07) is 7.27. The smallest absolute Gasteiger partial charge is 0.299 e. The number of imide groups is 2. The van der Waals surface area contributed by atoms with Gasteiger partial charge in [0.2, 0.25) is 11.8 Å². The van der Waals surface area contributed by atoms with Crippen molar-refractivity contribution < 1.29 is 81.1 Å². The number of ether oxygens (including phenoxy) is 11. The number of benzene rings is 2. The van der Waals surface area contributed by atoms with Gasteiger partial charge < -0.3 is 62.7 Å². The molecule has 4 amide bonds. The number of amides is 4. The number of nitrogens with zero attached hydrogens (tertiary/aromatic N) is 3. The summed E-state index contributed by atoms with van der Waals surface area (Å²) in [5.41, 5.74) is 0.312. The average Bonchev–Trinajstić information content (AvgIpc) is 3.58. The minimum Gasteiger partial charge on any atom is -0.382 e. The zero-order chi connectivity index (χ0) is 48.6. The van der Waals surface area contributed by atoms with Crippen LogP contribution in [0.25, 0.3) is 0 Å². The van der Waals surface area contributed by atoms with Gasteiger partial charge in [-0.15, -0.1) is 0 Å². The number of hydrogen-bond acceptors (Lipinski definition) is 21. The van der Waals surface area contributed by atoms with Gasteiger partial charge in [0.25, 0.3) is 23.2 Å². The highest BCUT2D eigenvalue weighted by Gasteiger charge is 2.45. The molecule has 2 heterocycles. The van der Waals surface area contributed by atoms with E-state index in [4.69, 9.17) is 52.1 Å². The number of nitro groups is 2. The van der Waals surface area contributed by atoms with Crippen molar-refractivity contribution in [2.75, 3.05) is 169 Å². The van der Waals surface area contributed by atoms with E-state index in [9.17, 15) is 39.4 Å². The quantitative estimate of drug-likeness (QED) is 0.0369. The summed E-state index contributed by atoms with van der Waals surface area (Å²) in [5.74, 6) is -2.21. The monoisotopic (exact) mass is 966 g/mol. The molecule has 2 aliphatic rings. The lowest BCUT2D eigenvalue weighted by Gasteiger charge is -2.27. The number of fused-ring (bicyclic) bond motifs is 1. The second-order valence-corrected chi connectivity index (χ2v) is 14.5. The van der Waals surface area contributed by atoms with Gasteiger partial charge in [-0.05, 0) is 24.6 Å². The van der Waals surface area contributed by atoms with Crippen LogP contribution in [-0.4, -0.2) is 203 Å². The highest BCUT2D eigenvalue weighted by molar-refractivity contribution is 6.25. The third-order valence-electron chi connectivity index (χ3n) is 9.70. The number of carbonyl (C=O) groups excluding carboxylic acids is 4. The average molecular weight is 967 g/mol. The lowest BCUT2D eigenvalue weighted by Crippen LogP contribution is -2.54. The first-order valence-electron chi connectivity index (χ1n) is 22.3. The molecule has 2 aromatic rings. The molecule has 1 fully saturated rings. The molecule has 68 heavy (non-hydrogen) atoms. The number of nitrogens with one attached hydrogen (secondary N) is 3. The van der Waals surface area contributed by atoms with E-state index in [-0.39, 0.29) is 54.2 Å². The molecule has 4 rings (SSSR count). The molecule has 3 N–H and O–H groups in total. The summed E-state index contributed by atoms with van der Waals surface area (Å²) in [4.78, 5) is 71.6. The SMILES string of the molecule is O=C1CCC(N2C(=O)c3cccc(NCCOCCOCCOCCOCCOCCOCCOCCOCCOCCOCCOCCNc4ccc([N+](=O)[O-])cc4[N+](=O)[O-])c3C2=O)C(=O)N1. The van der Waals surface area contributed by atoms with Crippen molar-refractivity contribution in [2.24, 2.45) is 0 Å². The lowest BCUT2D eigenvalue weighted by molar-refractivity contribution is -0.393. The number of anilines is 2. The van der Waals surface area contributed by atoms with Crippen LogP contribution in [0.3, 0.4) is 0 Å². The molecule has 25 heteroatoms. The number of hydrogen-bond donors (Lipinski definition) is 3. The van der Waals surface area contributed by atoms with Crippen LogP contribution >= 0.6 is 0 Å². The molecule has 0 spiro atoms. The normalized spacial score (nSPS) is 14.6.